The van der Waals surface area contributed by atoms with Gasteiger partial charge in [0.2, 0.25) is 0 Å². The Morgan fingerprint density at radius 3 is 1.96 bits per heavy atom. The first-order valence-corrected chi connectivity index (χ1v) is 12.9. The first-order chi connectivity index (χ1) is 21.3. The number of halogens is 12. The number of nitrogens with one attached hydrogen (secondary N) is 1. The van der Waals surface area contributed by atoms with Crippen molar-refractivity contribution in [3.05, 3.63) is 136 Å². The van der Waals surface area contributed by atoms with Gasteiger partial charge in [0, 0.05) is 12.0 Å². The fraction of sp³-hybridized carbons (Fsp3) is 0.194. The molecule has 0 radical (unpaired) electrons. The number of hydrogen-bond donors (Lipinski definition) is 1. The van der Waals surface area contributed by atoms with E-state index in [1.165, 1.54) is 30.3 Å². The average molecular weight is 665 g/mol. The van der Waals surface area contributed by atoms with Gasteiger partial charge in [-0.25, -0.2) is 8.78 Å². The summed E-state index contributed by atoms with van der Waals surface area (Å²) in [4.78, 5) is 13.6. The van der Waals surface area contributed by atoms with Gasteiger partial charge in [0.15, 0.2) is 0 Å². The molecule has 1 N–H and O–H groups in total. The highest BCUT2D eigenvalue weighted by Gasteiger charge is 2.45. The summed E-state index contributed by atoms with van der Waals surface area (Å²) < 4.78 is 168. The van der Waals surface area contributed by atoms with Gasteiger partial charge in [-0.2, -0.15) is 43.9 Å². The summed E-state index contributed by atoms with van der Waals surface area (Å²) in [5.41, 5.74) is -7.57. The fourth-order valence-electron chi connectivity index (χ4n) is 4.64. The summed E-state index contributed by atoms with van der Waals surface area (Å²) in [6.45, 7) is 0. The Kier molecular flexibility index (Phi) is 9.36. The normalized spacial score (nSPS) is 13.8. The molecule has 0 saturated heterocycles. The van der Waals surface area contributed by atoms with Crippen LogP contribution in [0.5, 0.6) is 5.75 Å². The minimum Gasteiger partial charge on any atom is -0.428 e. The van der Waals surface area contributed by atoms with Crippen molar-refractivity contribution >= 4 is 5.91 Å². The first kappa shape index (κ1) is 34.2. The van der Waals surface area contributed by atoms with E-state index in [9.17, 15) is 57.5 Å². The van der Waals surface area contributed by atoms with Crippen molar-refractivity contribution in [3.8, 4) is 5.75 Å². The SMILES string of the molecule is O=C(NC(Cc1ccccc1)(c1cccc(OC(F)(F)C(F)F)c1)c1cc(F)cc(C(F)(F)F)c1)c1ccc(F)c(C(F)(F)F)c1. The zero-order valence-electron chi connectivity index (χ0n) is 22.8. The van der Waals surface area contributed by atoms with Crippen molar-refractivity contribution in [1.29, 1.82) is 0 Å². The Balaban J connectivity index is 2.02. The van der Waals surface area contributed by atoms with Crippen LogP contribution in [0, 0.1) is 11.6 Å². The fourth-order valence-corrected chi connectivity index (χ4v) is 4.64. The van der Waals surface area contributed by atoms with Crippen LogP contribution in [0.4, 0.5) is 52.7 Å². The van der Waals surface area contributed by atoms with Crippen molar-refractivity contribution in [1.82, 2.24) is 5.32 Å². The summed E-state index contributed by atoms with van der Waals surface area (Å²) in [6, 6.07) is 13.0. The predicted octanol–water partition coefficient (Wildman–Crippen LogP) is 9.16. The van der Waals surface area contributed by atoms with Crippen LogP contribution >= 0.6 is 0 Å². The summed E-state index contributed by atoms with van der Waals surface area (Å²) in [5, 5.41) is 2.29. The van der Waals surface area contributed by atoms with E-state index in [0.717, 1.165) is 18.2 Å². The molecule has 0 aromatic heterocycles. The van der Waals surface area contributed by atoms with Crippen LogP contribution in [0.25, 0.3) is 0 Å². The zero-order chi connectivity index (χ0) is 34.1. The Labute approximate surface area is 252 Å². The second-order valence-corrected chi connectivity index (χ2v) is 9.93. The van der Waals surface area contributed by atoms with E-state index >= 15 is 0 Å². The Hall–Kier alpha value is -4.69. The summed E-state index contributed by atoms with van der Waals surface area (Å²) in [5.74, 6) is -5.62. The van der Waals surface area contributed by atoms with E-state index in [4.69, 9.17) is 0 Å². The summed E-state index contributed by atoms with van der Waals surface area (Å²) >= 11 is 0. The van der Waals surface area contributed by atoms with Gasteiger partial charge in [-0.1, -0.05) is 42.5 Å². The average Bonchev–Trinajstić information content (AvgIpc) is 2.96. The molecule has 46 heavy (non-hydrogen) atoms. The van der Waals surface area contributed by atoms with Gasteiger partial charge in [-0.15, -0.1) is 0 Å². The molecule has 0 saturated carbocycles. The number of alkyl halides is 10. The molecule has 1 amide bonds. The molecule has 0 aliphatic carbocycles. The maximum atomic E-state index is 14.8. The van der Waals surface area contributed by atoms with Gasteiger partial charge in [0.1, 0.15) is 17.4 Å². The van der Waals surface area contributed by atoms with Crippen molar-refractivity contribution in [2.75, 3.05) is 0 Å². The van der Waals surface area contributed by atoms with Crippen LogP contribution in [0.15, 0.2) is 91.0 Å². The van der Waals surface area contributed by atoms with Crippen LogP contribution in [0.2, 0.25) is 0 Å². The van der Waals surface area contributed by atoms with Gasteiger partial charge in [-0.05, 0) is 65.2 Å². The predicted molar refractivity (Wildman–Crippen MR) is 139 cm³/mol. The van der Waals surface area contributed by atoms with Crippen LogP contribution in [-0.4, -0.2) is 18.4 Å². The largest absolute Gasteiger partial charge is 0.461 e. The lowest BCUT2D eigenvalue weighted by Crippen LogP contribution is -2.49. The number of amides is 1. The minimum absolute atomic E-state index is 0.122. The van der Waals surface area contributed by atoms with Gasteiger partial charge < -0.3 is 10.1 Å². The highest BCUT2D eigenvalue weighted by atomic mass is 19.4. The van der Waals surface area contributed by atoms with Crippen LogP contribution in [0.3, 0.4) is 0 Å². The van der Waals surface area contributed by atoms with E-state index in [-0.39, 0.29) is 17.7 Å². The second kappa shape index (κ2) is 12.6. The van der Waals surface area contributed by atoms with Crippen LogP contribution in [-0.2, 0) is 24.3 Å². The third-order valence-electron chi connectivity index (χ3n) is 6.73. The van der Waals surface area contributed by atoms with Crippen molar-refractivity contribution in [3.63, 3.8) is 0 Å². The lowest BCUT2D eigenvalue weighted by molar-refractivity contribution is -0.253. The molecule has 4 rings (SSSR count). The zero-order valence-corrected chi connectivity index (χ0v) is 22.8. The molecule has 0 aliphatic heterocycles. The molecule has 1 atom stereocenters. The van der Waals surface area contributed by atoms with Gasteiger partial charge >= 0.3 is 24.9 Å². The quantitative estimate of drug-likeness (QED) is 0.181. The highest BCUT2D eigenvalue weighted by molar-refractivity contribution is 5.95. The number of rotatable bonds is 9. The molecule has 3 nitrogen and oxygen atoms in total. The van der Waals surface area contributed by atoms with Crippen LogP contribution in [0.1, 0.15) is 38.2 Å². The molecule has 4 aromatic carbocycles. The van der Waals surface area contributed by atoms with Crippen LogP contribution < -0.4 is 10.1 Å². The van der Waals surface area contributed by atoms with Crippen molar-refractivity contribution in [2.24, 2.45) is 0 Å². The van der Waals surface area contributed by atoms with E-state index in [2.05, 4.69) is 10.1 Å². The van der Waals surface area contributed by atoms with Gasteiger partial charge in [0.05, 0.1) is 16.7 Å². The van der Waals surface area contributed by atoms with Gasteiger partial charge in [-0.3, -0.25) is 4.79 Å². The maximum Gasteiger partial charge on any atom is 0.461 e. The summed E-state index contributed by atoms with van der Waals surface area (Å²) in [7, 11) is 0. The molecular weight excluding hydrogens is 646 g/mol. The third kappa shape index (κ3) is 7.57. The Morgan fingerprint density at radius 2 is 1.35 bits per heavy atom. The molecule has 0 heterocycles. The minimum atomic E-state index is -5.27. The molecule has 0 fully saturated rings. The van der Waals surface area contributed by atoms with Crippen molar-refractivity contribution in [2.45, 2.75) is 36.8 Å². The molecule has 1 unspecified atom stereocenters. The van der Waals surface area contributed by atoms with E-state index < -0.39 is 88.0 Å². The molecule has 0 spiro atoms. The topological polar surface area (TPSA) is 38.3 Å². The lowest BCUT2D eigenvalue weighted by Gasteiger charge is -2.37. The number of carbonyl (C=O) groups excluding carboxylic acids is 1. The third-order valence-corrected chi connectivity index (χ3v) is 6.73. The molecule has 0 bridgehead atoms. The maximum absolute atomic E-state index is 14.8. The number of carbonyl (C=O) groups is 1. The monoisotopic (exact) mass is 665 g/mol. The lowest BCUT2D eigenvalue weighted by atomic mass is 9.77. The molecule has 4 aromatic rings. The first-order valence-electron chi connectivity index (χ1n) is 12.9. The Morgan fingerprint density at radius 1 is 0.696 bits per heavy atom. The van der Waals surface area contributed by atoms with E-state index in [1.54, 1.807) is 0 Å². The standard InChI is InChI=1S/C31H19F12NO2/c32-22-13-20(12-21(14-22)29(36,37)38)28(16-17-5-2-1-3-6-17,19-7-4-8-23(15-19)46-31(42,43)27(34)35)44-26(45)18-9-10-25(33)24(11-18)30(39,40)41/h1-15,27H,16H2,(H,44,45). The molecular formula is C31H19F12NO2. The second-order valence-electron chi connectivity index (χ2n) is 9.93. The number of ether oxygens (including phenoxy) is 1. The smallest absolute Gasteiger partial charge is 0.428 e. The number of hydrogen-bond acceptors (Lipinski definition) is 2. The molecule has 244 valence electrons. The van der Waals surface area contributed by atoms with Crippen molar-refractivity contribution < 1.29 is 62.2 Å². The van der Waals surface area contributed by atoms with E-state index in [1.807, 2.05) is 0 Å². The highest BCUT2D eigenvalue weighted by Crippen LogP contribution is 2.40. The molecule has 15 heteroatoms. The Bertz CT molecular complexity index is 1700. The summed E-state index contributed by atoms with van der Waals surface area (Å²) in [6.07, 6.45) is -20.4. The number of benzene rings is 4. The van der Waals surface area contributed by atoms with E-state index in [0.29, 0.717) is 30.3 Å². The van der Waals surface area contributed by atoms with Gasteiger partial charge in [0.25, 0.3) is 5.91 Å². The molecule has 0 aliphatic rings.